The van der Waals surface area contributed by atoms with Crippen molar-refractivity contribution in [1.82, 2.24) is 10.2 Å². The van der Waals surface area contributed by atoms with Gasteiger partial charge in [-0.25, -0.2) is 4.79 Å². The zero-order chi connectivity index (χ0) is 17.4. The van der Waals surface area contributed by atoms with E-state index in [1.165, 1.54) is 30.6 Å². The molecule has 1 aromatic rings. The first-order valence-corrected chi connectivity index (χ1v) is 9.05. The van der Waals surface area contributed by atoms with E-state index in [0.717, 1.165) is 23.1 Å². The van der Waals surface area contributed by atoms with Gasteiger partial charge < -0.3 is 10.6 Å². The summed E-state index contributed by atoms with van der Waals surface area (Å²) in [5, 5.41) is 5.48. The number of fused-ring (bicyclic) bond motifs is 2. The molecule has 3 aliphatic rings. The molecule has 25 heavy (non-hydrogen) atoms. The largest absolute Gasteiger partial charge is 0.329 e. The van der Waals surface area contributed by atoms with E-state index < -0.39 is 0 Å². The number of amides is 4. The molecule has 0 aromatic heterocycles. The highest BCUT2D eigenvalue weighted by Crippen LogP contribution is 2.49. The summed E-state index contributed by atoms with van der Waals surface area (Å²) in [4.78, 5) is 36.9. The predicted molar refractivity (Wildman–Crippen MR) is 92.6 cm³/mol. The van der Waals surface area contributed by atoms with Gasteiger partial charge in [0.15, 0.2) is 0 Å². The van der Waals surface area contributed by atoms with E-state index in [-0.39, 0.29) is 30.9 Å². The van der Waals surface area contributed by atoms with Crippen molar-refractivity contribution in [3.05, 3.63) is 29.8 Å². The third kappa shape index (κ3) is 3.38. The van der Waals surface area contributed by atoms with Gasteiger partial charge in [-0.05, 0) is 54.7 Å². The average molecular weight is 341 g/mol. The Morgan fingerprint density at radius 3 is 2.80 bits per heavy atom. The van der Waals surface area contributed by atoms with Crippen LogP contribution in [0.25, 0.3) is 0 Å². The highest BCUT2D eigenvalue weighted by atomic mass is 16.2. The molecule has 4 rings (SSSR count). The van der Waals surface area contributed by atoms with Crippen molar-refractivity contribution in [2.75, 3.05) is 11.9 Å². The van der Waals surface area contributed by atoms with Gasteiger partial charge in [0.05, 0.1) is 13.1 Å². The van der Waals surface area contributed by atoms with Crippen LogP contribution in [0.4, 0.5) is 10.5 Å². The predicted octanol–water partition coefficient (Wildman–Crippen LogP) is 2.50. The molecule has 1 saturated heterocycles. The SMILES string of the molecule is O=C(CC1CC2CCC1C2)Nc1cccc(CN2C(=O)CNC2=O)c1. The minimum absolute atomic E-state index is 0.0544. The van der Waals surface area contributed by atoms with E-state index in [1.54, 1.807) is 0 Å². The molecule has 2 aliphatic carbocycles. The molecule has 0 radical (unpaired) electrons. The molecule has 0 spiro atoms. The number of hydrogen-bond donors (Lipinski definition) is 2. The number of hydrogen-bond acceptors (Lipinski definition) is 3. The first-order valence-electron chi connectivity index (χ1n) is 9.05. The molecule has 1 heterocycles. The van der Waals surface area contributed by atoms with Crippen molar-refractivity contribution in [1.29, 1.82) is 0 Å². The molecular formula is C19H23N3O3. The number of urea groups is 1. The minimum Gasteiger partial charge on any atom is -0.329 e. The second-order valence-electron chi connectivity index (χ2n) is 7.53. The van der Waals surface area contributed by atoms with Gasteiger partial charge in [-0.1, -0.05) is 18.6 Å². The normalized spacial score (nSPS) is 27.7. The second-order valence-corrected chi connectivity index (χ2v) is 7.53. The van der Waals surface area contributed by atoms with Crippen LogP contribution in [0.1, 0.15) is 37.7 Å². The monoisotopic (exact) mass is 341 g/mol. The van der Waals surface area contributed by atoms with Crippen LogP contribution in [0.3, 0.4) is 0 Å². The zero-order valence-electron chi connectivity index (χ0n) is 14.2. The van der Waals surface area contributed by atoms with E-state index in [2.05, 4.69) is 10.6 Å². The van der Waals surface area contributed by atoms with Crippen LogP contribution < -0.4 is 10.6 Å². The zero-order valence-corrected chi connectivity index (χ0v) is 14.2. The van der Waals surface area contributed by atoms with Gasteiger partial charge in [0.1, 0.15) is 0 Å². The fraction of sp³-hybridized carbons (Fsp3) is 0.526. The molecule has 4 amide bonds. The smallest absolute Gasteiger partial charge is 0.324 e. The lowest BCUT2D eigenvalue weighted by Gasteiger charge is -2.21. The van der Waals surface area contributed by atoms with Crippen molar-refractivity contribution < 1.29 is 14.4 Å². The minimum atomic E-state index is -0.365. The third-order valence-electron chi connectivity index (χ3n) is 5.82. The maximum absolute atomic E-state index is 12.4. The summed E-state index contributed by atoms with van der Waals surface area (Å²) in [7, 11) is 0. The fourth-order valence-electron chi connectivity index (χ4n) is 4.62. The van der Waals surface area contributed by atoms with Crippen molar-refractivity contribution in [2.24, 2.45) is 17.8 Å². The number of anilines is 1. The first kappa shape index (κ1) is 16.1. The molecule has 3 fully saturated rings. The van der Waals surface area contributed by atoms with Gasteiger partial charge in [-0.3, -0.25) is 14.5 Å². The number of nitrogens with one attached hydrogen (secondary N) is 2. The quantitative estimate of drug-likeness (QED) is 0.808. The van der Waals surface area contributed by atoms with Gasteiger partial charge in [-0.2, -0.15) is 0 Å². The van der Waals surface area contributed by atoms with Crippen LogP contribution in [0.15, 0.2) is 24.3 Å². The Kier molecular flexibility index (Phi) is 4.19. The lowest BCUT2D eigenvalue weighted by molar-refractivity contribution is -0.125. The highest BCUT2D eigenvalue weighted by molar-refractivity contribution is 6.01. The summed E-state index contributed by atoms with van der Waals surface area (Å²) < 4.78 is 0. The number of carbonyl (C=O) groups is 3. The van der Waals surface area contributed by atoms with Gasteiger partial charge in [-0.15, -0.1) is 0 Å². The Balaban J connectivity index is 1.35. The average Bonchev–Trinajstić information content (AvgIpc) is 3.27. The molecule has 2 N–H and O–H groups in total. The molecule has 2 saturated carbocycles. The number of benzene rings is 1. The van der Waals surface area contributed by atoms with E-state index in [0.29, 0.717) is 12.3 Å². The van der Waals surface area contributed by atoms with Crippen LogP contribution >= 0.6 is 0 Å². The third-order valence-corrected chi connectivity index (χ3v) is 5.82. The second kappa shape index (κ2) is 6.50. The summed E-state index contributed by atoms with van der Waals surface area (Å²) in [6.07, 6.45) is 5.72. The molecule has 2 bridgehead atoms. The summed E-state index contributed by atoms with van der Waals surface area (Å²) >= 11 is 0. The lowest BCUT2D eigenvalue weighted by atomic mass is 9.86. The van der Waals surface area contributed by atoms with Crippen molar-refractivity contribution in [3.63, 3.8) is 0 Å². The number of carbonyl (C=O) groups excluding carboxylic acids is 3. The summed E-state index contributed by atoms with van der Waals surface area (Å²) in [6, 6.07) is 6.99. The van der Waals surface area contributed by atoms with E-state index in [4.69, 9.17) is 0 Å². The summed E-state index contributed by atoms with van der Waals surface area (Å²) in [6.45, 7) is 0.277. The van der Waals surface area contributed by atoms with Crippen molar-refractivity contribution >= 4 is 23.5 Å². The Hall–Kier alpha value is -2.37. The molecule has 3 atom stereocenters. The fourth-order valence-corrected chi connectivity index (χ4v) is 4.62. The highest BCUT2D eigenvalue weighted by Gasteiger charge is 2.40. The first-order chi connectivity index (χ1) is 12.1. The van der Waals surface area contributed by atoms with Crippen LogP contribution in [0.5, 0.6) is 0 Å². The Morgan fingerprint density at radius 2 is 2.12 bits per heavy atom. The lowest BCUT2D eigenvalue weighted by Crippen LogP contribution is -2.30. The molecule has 132 valence electrons. The number of imide groups is 1. The maximum atomic E-state index is 12.4. The Morgan fingerprint density at radius 1 is 1.24 bits per heavy atom. The van der Waals surface area contributed by atoms with Crippen LogP contribution in [-0.2, 0) is 16.1 Å². The molecule has 1 aliphatic heterocycles. The van der Waals surface area contributed by atoms with Gasteiger partial charge in [0, 0.05) is 12.1 Å². The molecular weight excluding hydrogens is 318 g/mol. The van der Waals surface area contributed by atoms with Crippen LogP contribution in [-0.4, -0.2) is 29.3 Å². The molecule has 3 unspecified atom stereocenters. The maximum Gasteiger partial charge on any atom is 0.324 e. The molecule has 6 nitrogen and oxygen atoms in total. The van der Waals surface area contributed by atoms with E-state index in [1.807, 2.05) is 24.3 Å². The van der Waals surface area contributed by atoms with Crippen molar-refractivity contribution in [2.45, 2.75) is 38.6 Å². The molecule has 6 heteroatoms. The molecule has 1 aromatic carbocycles. The van der Waals surface area contributed by atoms with Crippen LogP contribution in [0, 0.1) is 17.8 Å². The Labute approximate surface area is 147 Å². The summed E-state index contributed by atoms with van der Waals surface area (Å²) in [5.74, 6) is 1.95. The van der Waals surface area contributed by atoms with Gasteiger partial charge >= 0.3 is 6.03 Å². The van der Waals surface area contributed by atoms with E-state index >= 15 is 0 Å². The topological polar surface area (TPSA) is 78.5 Å². The number of nitrogens with zero attached hydrogens (tertiary/aromatic N) is 1. The van der Waals surface area contributed by atoms with Gasteiger partial charge in [0.25, 0.3) is 0 Å². The number of rotatable bonds is 5. The van der Waals surface area contributed by atoms with E-state index in [9.17, 15) is 14.4 Å². The van der Waals surface area contributed by atoms with Crippen LogP contribution in [0.2, 0.25) is 0 Å². The summed E-state index contributed by atoms with van der Waals surface area (Å²) in [5.41, 5.74) is 1.54. The standard InChI is InChI=1S/C19H23N3O3/c23-17(9-15-7-12-4-5-14(15)6-12)21-16-3-1-2-13(8-16)11-22-18(24)10-20-19(22)25/h1-3,8,12,14-15H,4-7,9-11H2,(H,20,25)(H,21,23). The van der Waals surface area contributed by atoms with Gasteiger partial charge in [0.2, 0.25) is 11.8 Å². The Bertz CT molecular complexity index is 702. The van der Waals surface area contributed by atoms with Crippen molar-refractivity contribution in [3.8, 4) is 0 Å².